The second kappa shape index (κ2) is 4.19. The maximum atomic E-state index is 11.9. The number of amides is 1. The zero-order valence-electron chi connectivity index (χ0n) is 9.77. The summed E-state index contributed by atoms with van der Waals surface area (Å²) in [6.07, 6.45) is 5.52. The van der Waals surface area contributed by atoms with Gasteiger partial charge in [0.05, 0.1) is 6.54 Å². The maximum Gasteiger partial charge on any atom is 0.255 e. The Kier molecular flexibility index (Phi) is 2.86. The fraction of sp³-hybridized carbons (Fsp3) is 0.385. The number of rotatable bonds is 1. The first-order valence-electron chi connectivity index (χ1n) is 5.40. The van der Waals surface area contributed by atoms with E-state index in [1.807, 2.05) is 0 Å². The molecule has 1 unspecified atom stereocenters. The van der Waals surface area contributed by atoms with Crippen molar-refractivity contribution in [1.82, 2.24) is 4.90 Å². The standard InChI is InChI=1S/C13H13NO3/c1-3-4-9-14-12(16)10(2)17-13(14)7-5-11(15)6-8-13/h5-8,10H,9H2,1-2H3. The molecule has 1 aliphatic heterocycles. The van der Waals surface area contributed by atoms with Crippen molar-refractivity contribution in [1.29, 1.82) is 0 Å². The average molecular weight is 231 g/mol. The molecular weight excluding hydrogens is 218 g/mol. The summed E-state index contributed by atoms with van der Waals surface area (Å²) in [6, 6.07) is 0. The molecule has 1 fully saturated rings. The first-order chi connectivity index (χ1) is 8.09. The predicted octanol–water partition coefficient (Wildman–Crippen LogP) is 0.648. The zero-order chi connectivity index (χ0) is 12.5. The van der Waals surface area contributed by atoms with E-state index in [1.165, 1.54) is 17.1 Å². The SMILES string of the molecule is CC#CCN1C(=O)C(C)OC12C=CC(=O)C=C2. The Morgan fingerprint density at radius 1 is 1.41 bits per heavy atom. The van der Waals surface area contributed by atoms with Crippen molar-refractivity contribution in [2.24, 2.45) is 0 Å². The van der Waals surface area contributed by atoms with Crippen LogP contribution in [0.15, 0.2) is 24.3 Å². The fourth-order valence-corrected chi connectivity index (χ4v) is 1.92. The molecule has 0 radical (unpaired) electrons. The molecular formula is C13H13NO3. The molecule has 2 aliphatic rings. The Morgan fingerprint density at radius 2 is 2.06 bits per heavy atom. The third-order valence-corrected chi connectivity index (χ3v) is 2.79. The minimum absolute atomic E-state index is 0.104. The third-order valence-electron chi connectivity index (χ3n) is 2.79. The second-order valence-corrected chi connectivity index (χ2v) is 3.93. The zero-order valence-corrected chi connectivity index (χ0v) is 9.77. The van der Waals surface area contributed by atoms with E-state index in [4.69, 9.17) is 4.74 Å². The van der Waals surface area contributed by atoms with Gasteiger partial charge < -0.3 is 4.74 Å². The van der Waals surface area contributed by atoms with Gasteiger partial charge in [-0.1, -0.05) is 5.92 Å². The summed E-state index contributed by atoms with van der Waals surface area (Å²) in [5, 5.41) is 0. The highest BCUT2D eigenvalue weighted by atomic mass is 16.5. The normalized spacial score (nSPS) is 25.3. The molecule has 0 aromatic rings. The first kappa shape index (κ1) is 11.6. The van der Waals surface area contributed by atoms with Gasteiger partial charge in [-0.2, -0.15) is 0 Å². The summed E-state index contributed by atoms with van der Waals surface area (Å²) >= 11 is 0. The van der Waals surface area contributed by atoms with E-state index < -0.39 is 11.8 Å². The molecule has 1 heterocycles. The molecule has 88 valence electrons. The van der Waals surface area contributed by atoms with Gasteiger partial charge in [0, 0.05) is 0 Å². The van der Waals surface area contributed by atoms with Crippen molar-refractivity contribution in [3.63, 3.8) is 0 Å². The molecule has 0 bridgehead atoms. The quantitative estimate of drug-likeness (QED) is 0.622. The van der Waals surface area contributed by atoms with Crippen molar-refractivity contribution in [3.05, 3.63) is 24.3 Å². The molecule has 0 aromatic carbocycles. The van der Waals surface area contributed by atoms with Crippen LogP contribution in [0.25, 0.3) is 0 Å². The maximum absolute atomic E-state index is 11.9. The molecule has 4 heteroatoms. The Labute approximate surface area is 99.9 Å². The van der Waals surface area contributed by atoms with Crippen molar-refractivity contribution in [2.45, 2.75) is 25.7 Å². The number of nitrogens with zero attached hydrogens (tertiary/aromatic N) is 1. The number of carbonyl (C=O) groups is 2. The molecule has 1 atom stereocenters. The highest BCUT2D eigenvalue weighted by molar-refractivity contribution is 6.01. The molecule has 4 nitrogen and oxygen atoms in total. The van der Waals surface area contributed by atoms with E-state index in [2.05, 4.69) is 11.8 Å². The van der Waals surface area contributed by atoms with Crippen molar-refractivity contribution in [3.8, 4) is 11.8 Å². The van der Waals surface area contributed by atoms with Gasteiger partial charge in [0.25, 0.3) is 5.91 Å². The smallest absolute Gasteiger partial charge is 0.255 e. The summed E-state index contributed by atoms with van der Waals surface area (Å²) in [5.41, 5.74) is -0.936. The molecule has 0 aromatic heterocycles. The number of hydrogen-bond donors (Lipinski definition) is 0. The second-order valence-electron chi connectivity index (χ2n) is 3.93. The monoisotopic (exact) mass is 231 g/mol. The highest BCUT2D eigenvalue weighted by Gasteiger charge is 2.47. The summed E-state index contributed by atoms with van der Waals surface area (Å²) in [6.45, 7) is 3.71. The molecule has 0 saturated carbocycles. The van der Waals surface area contributed by atoms with Crippen LogP contribution in [-0.4, -0.2) is 35.0 Å². The van der Waals surface area contributed by atoms with Crippen molar-refractivity contribution < 1.29 is 14.3 Å². The Bertz CT molecular complexity index is 463. The van der Waals surface area contributed by atoms with Gasteiger partial charge in [-0.15, -0.1) is 5.92 Å². The minimum Gasteiger partial charge on any atom is -0.335 e. The molecule has 1 saturated heterocycles. The van der Waals surface area contributed by atoms with Crippen LogP contribution in [0.5, 0.6) is 0 Å². The van der Waals surface area contributed by atoms with Gasteiger partial charge in [-0.3, -0.25) is 14.5 Å². The molecule has 1 spiro atoms. The first-order valence-corrected chi connectivity index (χ1v) is 5.40. The largest absolute Gasteiger partial charge is 0.335 e. The van der Waals surface area contributed by atoms with Gasteiger partial charge >= 0.3 is 0 Å². The van der Waals surface area contributed by atoms with Crippen LogP contribution >= 0.6 is 0 Å². The summed E-state index contributed by atoms with van der Waals surface area (Å²) in [7, 11) is 0. The van der Waals surface area contributed by atoms with Crippen LogP contribution in [-0.2, 0) is 14.3 Å². The summed E-state index contributed by atoms with van der Waals surface area (Å²) in [5.74, 6) is 5.37. The van der Waals surface area contributed by atoms with Crippen LogP contribution < -0.4 is 0 Å². The number of allylic oxidation sites excluding steroid dienone is 2. The molecule has 17 heavy (non-hydrogen) atoms. The number of ether oxygens (including phenoxy) is 1. The highest BCUT2D eigenvalue weighted by Crippen LogP contribution is 2.32. The summed E-state index contributed by atoms with van der Waals surface area (Å²) < 4.78 is 5.64. The molecule has 0 N–H and O–H groups in total. The topological polar surface area (TPSA) is 46.6 Å². The number of ketones is 1. The average Bonchev–Trinajstić information content (AvgIpc) is 2.54. The van der Waals surface area contributed by atoms with Crippen LogP contribution in [0.3, 0.4) is 0 Å². The molecule has 1 amide bonds. The number of hydrogen-bond acceptors (Lipinski definition) is 3. The Hall–Kier alpha value is -1.86. The van der Waals surface area contributed by atoms with Crippen molar-refractivity contribution >= 4 is 11.7 Å². The van der Waals surface area contributed by atoms with E-state index in [9.17, 15) is 9.59 Å². The van der Waals surface area contributed by atoms with Crippen LogP contribution in [0.2, 0.25) is 0 Å². The van der Waals surface area contributed by atoms with Crippen molar-refractivity contribution in [2.75, 3.05) is 6.54 Å². The van der Waals surface area contributed by atoms with Crippen LogP contribution in [0.4, 0.5) is 0 Å². The lowest BCUT2D eigenvalue weighted by molar-refractivity contribution is -0.129. The molecule has 1 aliphatic carbocycles. The van der Waals surface area contributed by atoms with E-state index in [0.717, 1.165) is 0 Å². The Balaban J connectivity index is 2.34. The lowest BCUT2D eigenvalue weighted by Crippen LogP contribution is -2.45. The van der Waals surface area contributed by atoms with E-state index >= 15 is 0 Å². The fourth-order valence-electron chi connectivity index (χ4n) is 1.92. The minimum atomic E-state index is -0.936. The van der Waals surface area contributed by atoms with Gasteiger partial charge in [0.15, 0.2) is 11.5 Å². The van der Waals surface area contributed by atoms with Gasteiger partial charge in [-0.25, -0.2) is 0 Å². The van der Waals surface area contributed by atoms with Gasteiger partial charge in [-0.05, 0) is 38.2 Å². The lowest BCUT2D eigenvalue weighted by Gasteiger charge is -2.31. The van der Waals surface area contributed by atoms with E-state index in [1.54, 1.807) is 26.0 Å². The van der Waals surface area contributed by atoms with Crippen LogP contribution in [0, 0.1) is 11.8 Å². The Morgan fingerprint density at radius 3 is 2.65 bits per heavy atom. The van der Waals surface area contributed by atoms with Gasteiger partial charge in [0.2, 0.25) is 0 Å². The third kappa shape index (κ3) is 1.90. The van der Waals surface area contributed by atoms with Gasteiger partial charge in [0.1, 0.15) is 6.10 Å². The van der Waals surface area contributed by atoms with E-state index in [-0.39, 0.29) is 11.7 Å². The van der Waals surface area contributed by atoms with E-state index in [0.29, 0.717) is 6.54 Å². The lowest BCUT2D eigenvalue weighted by atomic mass is 10.0. The molecule has 2 rings (SSSR count). The predicted molar refractivity (Wildman–Crippen MR) is 61.7 cm³/mol. The van der Waals surface area contributed by atoms with Crippen LogP contribution in [0.1, 0.15) is 13.8 Å². The summed E-state index contributed by atoms with van der Waals surface area (Å²) in [4.78, 5) is 24.6. The number of carbonyl (C=O) groups excluding carboxylic acids is 2.